The molecule has 0 aliphatic heterocycles. The van der Waals surface area contributed by atoms with Gasteiger partial charge in [-0.2, -0.15) is 0 Å². The van der Waals surface area contributed by atoms with Crippen LogP contribution in [0.1, 0.15) is 34.3 Å². The zero-order chi connectivity index (χ0) is 17.2. The van der Waals surface area contributed by atoms with Gasteiger partial charge in [0.05, 0.1) is 0 Å². The Balaban J connectivity index is 1.74. The van der Waals surface area contributed by atoms with E-state index in [4.69, 9.17) is 0 Å². The molecule has 1 N–H and O–H groups in total. The van der Waals surface area contributed by atoms with Crippen molar-refractivity contribution in [3.05, 3.63) is 59.2 Å². The normalized spacial score (nSPS) is 14.0. The number of fused-ring (bicyclic) bond motifs is 1. The van der Waals surface area contributed by atoms with E-state index in [-0.39, 0.29) is 17.3 Å². The van der Waals surface area contributed by atoms with E-state index in [0.717, 1.165) is 31.7 Å². The molecule has 126 valence electrons. The van der Waals surface area contributed by atoms with E-state index in [0.29, 0.717) is 5.56 Å². The summed E-state index contributed by atoms with van der Waals surface area (Å²) in [5.41, 5.74) is 3.18. The van der Waals surface area contributed by atoms with Gasteiger partial charge in [0.2, 0.25) is 0 Å². The van der Waals surface area contributed by atoms with Crippen LogP contribution in [-0.4, -0.2) is 12.3 Å². The lowest BCUT2D eigenvalue weighted by Crippen LogP contribution is -2.17. The van der Waals surface area contributed by atoms with E-state index in [1.807, 2.05) is 12.1 Å². The molecule has 1 aliphatic carbocycles. The molecule has 1 amide bonds. The minimum atomic E-state index is -4.76. The van der Waals surface area contributed by atoms with Gasteiger partial charge in [0.1, 0.15) is 5.75 Å². The maximum atomic E-state index is 12.3. The standard InChI is InChI=1S/C18H16F3NO2/c19-18(20,21)24-16-7-3-6-15(11-16)22-17(23)14-9-8-12-4-1-2-5-13(12)10-14/h3,6-11H,1-2,4-5H2,(H,22,23). The van der Waals surface area contributed by atoms with Crippen molar-refractivity contribution in [2.24, 2.45) is 0 Å². The van der Waals surface area contributed by atoms with E-state index < -0.39 is 6.36 Å². The number of amides is 1. The van der Waals surface area contributed by atoms with Gasteiger partial charge >= 0.3 is 6.36 Å². The van der Waals surface area contributed by atoms with Crippen LogP contribution in [0.2, 0.25) is 0 Å². The van der Waals surface area contributed by atoms with Crippen molar-refractivity contribution in [2.45, 2.75) is 32.0 Å². The first-order chi connectivity index (χ1) is 11.4. The summed E-state index contributed by atoms with van der Waals surface area (Å²) in [6.07, 6.45) is -0.528. The summed E-state index contributed by atoms with van der Waals surface area (Å²) in [7, 11) is 0. The monoisotopic (exact) mass is 335 g/mol. The zero-order valence-electron chi connectivity index (χ0n) is 12.8. The predicted octanol–water partition coefficient (Wildman–Crippen LogP) is 4.72. The molecule has 0 saturated carbocycles. The van der Waals surface area contributed by atoms with Gasteiger partial charge in [-0.05, 0) is 61.1 Å². The summed E-state index contributed by atoms with van der Waals surface area (Å²) in [5.74, 6) is -0.724. The fraction of sp³-hybridized carbons (Fsp3) is 0.278. The Morgan fingerprint density at radius 2 is 1.75 bits per heavy atom. The fourth-order valence-electron chi connectivity index (χ4n) is 2.85. The van der Waals surface area contributed by atoms with E-state index >= 15 is 0 Å². The number of hydrogen-bond donors (Lipinski definition) is 1. The highest BCUT2D eigenvalue weighted by Gasteiger charge is 2.31. The topological polar surface area (TPSA) is 38.3 Å². The lowest BCUT2D eigenvalue weighted by atomic mass is 9.90. The summed E-state index contributed by atoms with van der Waals surface area (Å²) in [5, 5.41) is 2.60. The number of nitrogens with one attached hydrogen (secondary N) is 1. The van der Waals surface area contributed by atoms with Crippen molar-refractivity contribution < 1.29 is 22.7 Å². The minimum absolute atomic E-state index is 0.250. The van der Waals surface area contributed by atoms with Crippen molar-refractivity contribution in [3.63, 3.8) is 0 Å². The highest BCUT2D eigenvalue weighted by molar-refractivity contribution is 6.04. The Bertz CT molecular complexity index is 756. The van der Waals surface area contributed by atoms with Gasteiger partial charge in [0.15, 0.2) is 0 Å². The average molecular weight is 335 g/mol. The smallest absolute Gasteiger partial charge is 0.406 e. The number of alkyl halides is 3. The number of anilines is 1. The lowest BCUT2D eigenvalue weighted by molar-refractivity contribution is -0.274. The van der Waals surface area contributed by atoms with E-state index in [9.17, 15) is 18.0 Å². The second kappa shape index (κ2) is 6.55. The second-order valence-corrected chi connectivity index (χ2v) is 5.72. The third-order valence-corrected chi connectivity index (χ3v) is 3.94. The predicted molar refractivity (Wildman–Crippen MR) is 84.2 cm³/mol. The number of aryl methyl sites for hydroxylation is 2. The van der Waals surface area contributed by atoms with Crippen LogP contribution in [0, 0.1) is 0 Å². The van der Waals surface area contributed by atoms with Crippen LogP contribution in [0.4, 0.5) is 18.9 Å². The number of rotatable bonds is 3. The molecule has 24 heavy (non-hydrogen) atoms. The first-order valence-electron chi connectivity index (χ1n) is 7.70. The Hall–Kier alpha value is -2.50. The Kier molecular flexibility index (Phi) is 4.46. The number of carbonyl (C=O) groups is 1. The van der Waals surface area contributed by atoms with Gasteiger partial charge in [0, 0.05) is 17.3 Å². The van der Waals surface area contributed by atoms with E-state index in [1.165, 1.54) is 29.3 Å². The van der Waals surface area contributed by atoms with E-state index in [1.54, 1.807) is 6.07 Å². The molecule has 0 unspecified atom stereocenters. The first kappa shape index (κ1) is 16.4. The SMILES string of the molecule is O=C(Nc1cccc(OC(F)(F)F)c1)c1ccc2c(c1)CCCC2. The summed E-state index contributed by atoms with van der Waals surface area (Å²) in [6, 6.07) is 10.8. The second-order valence-electron chi connectivity index (χ2n) is 5.72. The van der Waals surface area contributed by atoms with Crippen molar-refractivity contribution in [1.82, 2.24) is 0 Å². The van der Waals surface area contributed by atoms with Gasteiger partial charge in [-0.15, -0.1) is 13.2 Å². The van der Waals surface area contributed by atoms with Gasteiger partial charge in [-0.1, -0.05) is 12.1 Å². The Labute approximate surface area is 137 Å². The van der Waals surface area contributed by atoms with Gasteiger partial charge in [-0.3, -0.25) is 4.79 Å². The minimum Gasteiger partial charge on any atom is -0.406 e. The molecule has 2 aromatic carbocycles. The molecular formula is C18H16F3NO2. The van der Waals surface area contributed by atoms with Crippen LogP contribution in [0.25, 0.3) is 0 Å². The quantitative estimate of drug-likeness (QED) is 0.882. The molecule has 3 nitrogen and oxygen atoms in total. The molecule has 0 fully saturated rings. The molecule has 0 radical (unpaired) electrons. The molecule has 3 rings (SSSR count). The fourth-order valence-corrected chi connectivity index (χ4v) is 2.85. The van der Waals surface area contributed by atoms with Gasteiger partial charge in [-0.25, -0.2) is 0 Å². The van der Waals surface area contributed by atoms with Crippen LogP contribution in [-0.2, 0) is 12.8 Å². The molecule has 0 atom stereocenters. The number of carbonyl (C=O) groups excluding carboxylic acids is 1. The Morgan fingerprint density at radius 3 is 2.50 bits per heavy atom. The van der Waals surface area contributed by atoms with Crippen molar-refractivity contribution in [2.75, 3.05) is 5.32 Å². The van der Waals surface area contributed by atoms with Crippen LogP contribution in [0.5, 0.6) is 5.75 Å². The number of halogens is 3. The van der Waals surface area contributed by atoms with Gasteiger partial charge in [0.25, 0.3) is 5.91 Å². The number of ether oxygens (including phenoxy) is 1. The first-order valence-corrected chi connectivity index (χ1v) is 7.70. The third-order valence-electron chi connectivity index (χ3n) is 3.94. The van der Waals surface area contributed by atoms with Crippen molar-refractivity contribution in [3.8, 4) is 5.75 Å². The van der Waals surface area contributed by atoms with Crippen LogP contribution >= 0.6 is 0 Å². The molecule has 0 bridgehead atoms. The largest absolute Gasteiger partial charge is 0.573 e. The molecule has 2 aromatic rings. The summed E-state index contributed by atoms with van der Waals surface area (Å²) in [6.45, 7) is 0. The number of benzene rings is 2. The molecule has 6 heteroatoms. The lowest BCUT2D eigenvalue weighted by Gasteiger charge is -2.16. The van der Waals surface area contributed by atoms with Crippen molar-refractivity contribution >= 4 is 11.6 Å². The van der Waals surface area contributed by atoms with Gasteiger partial charge < -0.3 is 10.1 Å². The summed E-state index contributed by atoms with van der Waals surface area (Å²) >= 11 is 0. The number of hydrogen-bond acceptors (Lipinski definition) is 2. The highest BCUT2D eigenvalue weighted by atomic mass is 19.4. The molecule has 1 aliphatic rings. The van der Waals surface area contributed by atoms with E-state index in [2.05, 4.69) is 10.1 Å². The summed E-state index contributed by atoms with van der Waals surface area (Å²) < 4.78 is 40.6. The molecular weight excluding hydrogens is 319 g/mol. The third kappa shape index (κ3) is 4.07. The van der Waals surface area contributed by atoms with Crippen LogP contribution in [0.15, 0.2) is 42.5 Å². The molecule has 0 saturated heterocycles. The van der Waals surface area contributed by atoms with Crippen molar-refractivity contribution in [1.29, 1.82) is 0 Å². The molecule has 0 spiro atoms. The highest BCUT2D eigenvalue weighted by Crippen LogP contribution is 2.26. The summed E-state index contributed by atoms with van der Waals surface area (Å²) in [4.78, 5) is 12.3. The molecule has 0 aromatic heterocycles. The average Bonchev–Trinajstić information content (AvgIpc) is 2.53. The zero-order valence-corrected chi connectivity index (χ0v) is 12.8. The maximum Gasteiger partial charge on any atom is 0.573 e. The molecule has 0 heterocycles. The van der Waals surface area contributed by atoms with Crippen LogP contribution in [0.3, 0.4) is 0 Å². The Morgan fingerprint density at radius 1 is 1.00 bits per heavy atom. The maximum absolute atomic E-state index is 12.3. The van der Waals surface area contributed by atoms with Crippen LogP contribution < -0.4 is 10.1 Å².